The molecule has 0 unspecified atom stereocenters. The number of phosphoric ester groups is 1. The third kappa shape index (κ3) is 17.6. The Morgan fingerprint density at radius 1 is 0.985 bits per heavy atom. The van der Waals surface area contributed by atoms with Gasteiger partial charge in [0, 0.05) is 66.9 Å². The smallest absolute Gasteiger partial charge is 0.469 e. The number of benzene rings is 1. The number of aliphatic hydroxyl groups excluding tert-OH is 1. The Morgan fingerprint density at radius 3 is 2.37 bits per heavy atom. The number of carbonyl (C=O) groups excluding carboxylic acids is 6. The van der Waals surface area contributed by atoms with E-state index in [1.54, 1.807) is 35.2 Å². The highest BCUT2D eigenvalue weighted by Gasteiger charge is 2.37. The van der Waals surface area contributed by atoms with Gasteiger partial charge in [0.05, 0.1) is 25.3 Å². The molecular formula is C43H60ClN10O13P. The van der Waals surface area contributed by atoms with Crippen molar-refractivity contribution in [2.75, 3.05) is 19.8 Å². The molecule has 1 aromatic carbocycles. The van der Waals surface area contributed by atoms with Gasteiger partial charge in [0.25, 0.3) is 0 Å². The van der Waals surface area contributed by atoms with E-state index in [0.29, 0.717) is 60.8 Å². The number of oxime groups is 1. The number of aryl methyl sites for hydroxylation is 1. The van der Waals surface area contributed by atoms with E-state index >= 15 is 0 Å². The number of aromatic nitrogens is 3. The minimum atomic E-state index is -5.14. The van der Waals surface area contributed by atoms with Gasteiger partial charge in [0.1, 0.15) is 49.2 Å². The number of aliphatic hydroxyl groups is 1. The van der Waals surface area contributed by atoms with Gasteiger partial charge >= 0.3 is 7.82 Å². The molecule has 372 valence electrons. The van der Waals surface area contributed by atoms with Crippen LogP contribution in [-0.2, 0) is 62.3 Å². The van der Waals surface area contributed by atoms with Gasteiger partial charge in [-0.15, -0.1) is 0 Å². The molecule has 3 heterocycles. The van der Waals surface area contributed by atoms with Gasteiger partial charge in [0.15, 0.2) is 0 Å². The largest absolute Gasteiger partial charge is 0.488 e. The Kier molecular flexibility index (Phi) is 21.3. The van der Waals surface area contributed by atoms with Crippen molar-refractivity contribution in [2.45, 2.75) is 116 Å². The second-order valence-electron chi connectivity index (χ2n) is 16.4. The van der Waals surface area contributed by atoms with E-state index < -0.39 is 80.3 Å². The van der Waals surface area contributed by atoms with E-state index in [4.69, 9.17) is 26.9 Å². The zero-order valence-corrected chi connectivity index (χ0v) is 39.8. The zero-order chi connectivity index (χ0) is 50.0. The summed E-state index contributed by atoms with van der Waals surface area (Å²) in [6, 6.07) is 1.84. The van der Waals surface area contributed by atoms with Crippen LogP contribution in [0.3, 0.4) is 0 Å². The van der Waals surface area contributed by atoms with Gasteiger partial charge in [0.2, 0.25) is 35.4 Å². The summed E-state index contributed by atoms with van der Waals surface area (Å²) in [6.07, 6.45) is 8.26. The summed E-state index contributed by atoms with van der Waals surface area (Å²) in [5.41, 5.74) is 7.31. The van der Waals surface area contributed by atoms with E-state index in [1.807, 2.05) is 26.0 Å². The summed E-state index contributed by atoms with van der Waals surface area (Å²) in [5.74, 6) is -4.55. The van der Waals surface area contributed by atoms with Crippen LogP contribution in [-0.4, -0.2) is 132 Å². The molecule has 1 saturated heterocycles. The molecule has 25 heteroatoms. The lowest BCUT2D eigenvalue weighted by Crippen LogP contribution is -2.61. The molecule has 3 aromatic rings. The monoisotopic (exact) mass is 990 g/mol. The van der Waals surface area contributed by atoms with E-state index in [-0.39, 0.29) is 37.9 Å². The first-order chi connectivity index (χ1) is 32.3. The first-order valence-corrected chi connectivity index (χ1v) is 23.8. The van der Waals surface area contributed by atoms with E-state index in [9.17, 15) is 48.2 Å². The maximum absolute atomic E-state index is 14.1. The quantitative estimate of drug-likeness (QED) is 0.0227. The van der Waals surface area contributed by atoms with Crippen molar-refractivity contribution in [3.05, 3.63) is 77.1 Å². The standard InChI is InChI=1S/C43H60ClN10O13P/c1-26(2)17-33(50-43(61)36-10-8-15-54(36)28(4)56)40(58)49-34(41(59)51-35(23-55)42(60)52-38(39(45)57)27(3)67-68(62,63)64)19-32-22-47-25-53(32)14-5-6-16-66-48-21-30-18-31(44)11-12-37(30)65-24-29-9-7-13-46-20-29/h7,9,11-13,18,20-22,25-27,33-36,38,55H,5-6,8,10,14-17,19,23-24H2,1-4H3,(H2,45,57)(H,49,58)(H,50,61)(H,51,59)(H,52,60)(H2,62,63,64)/b48-21-/t27-,33+,34+,35+,36+,38+/m1/s1. The minimum Gasteiger partial charge on any atom is -0.488 e. The van der Waals surface area contributed by atoms with Crippen LogP contribution in [0.2, 0.25) is 5.02 Å². The lowest BCUT2D eigenvalue weighted by Gasteiger charge is -2.28. The normalized spacial score (nSPS) is 16.1. The van der Waals surface area contributed by atoms with Crippen molar-refractivity contribution in [1.29, 1.82) is 0 Å². The number of pyridine rings is 1. The van der Waals surface area contributed by atoms with Gasteiger partial charge in [-0.05, 0) is 69.2 Å². The van der Waals surface area contributed by atoms with Crippen molar-refractivity contribution in [2.24, 2.45) is 16.8 Å². The molecule has 0 aliphatic carbocycles. The number of nitrogens with one attached hydrogen (secondary N) is 4. The Balaban J connectivity index is 1.46. The summed E-state index contributed by atoms with van der Waals surface area (Å²) >= 11 is 6.22. The van der Waals surface area contributed by atoms with Gasteiger partial charge in [-0.3, -0.25) is 38.3 Å². The fraction of sp³-hybridized carbons (Fsp3) is 0.512. The maximum Gasteiger partial charge on any atom is 0.469 e. The van der Waals surface area contributed by atoms with E-state index in [1.165, 1.54) is 30.6 Å². The maximum atomic E-state index is 14.1. The molecule has 6 atom stereocenters. The number of primary amides is 1. The molecule has 1 aliphatic heterocycles. The summed E-state index contributed by atoms with van der Waals surface area (Å²) in [5, 5.41) is 24.7. The SMILES string of the molecule is CC(=O)N1CCC[C@H]1C(=O)N[C@@H](CC(C)C)C(=O)N[C@@H](Cc1cncn1CCCCO/N=C\c1cc(Cl)ccc1OCc1cccnc1)C(=O)N[C@@H](CO)C(=O)N[C@H](C(N)=O)[C@@H](C)OP(=O)(O)O. The van der Waals surface area contributed by atoms with Crippen LogP contribution in [0.4, 0.5) is 0 Å². The molecule has 4 rings (SSSR count). The zero-order valence-electron chi connectivity index (χ0n) is 38.2. The van der Waals surface area contributed by atoms with Gasteiger partial charge in [-0.25, -0.2) is 9.55 Å². The molecule has 68 heavy (non-hydrogen) atoms. The number of hydrogen-bond donors (Lipinski definition) is 8. The Labute approximate surface area is 398 Å². The number of unbranched alkanes of at least 4 members (excludes halogenated alkanes) is 1. The van der Waals surface area contributed by atoms with E-state index in [2.05, 4.69) is 40.9 Å². The summed E-state index contributed by atoms with van der Waals surface area (Å²) in [4.78, 5) is 113. The Morgan fingerprint density at radius 2 is 1.71 bits per heavy atom. The van der Waals surface area contributed by atoms with Gasteiger partial charge in [-0.2, -0.15) is 0 Å². The van der Waals surface area contributed by atoms with Gasteiger partial charge in [-0.1, -0.05) is 36.7 Å². The van der Waals surface area contributed by atoms with Crippen LogP contribution >= 0.6 is 19.4 Å². The Hall–Kier alpha value is -5.97. The van der Waals surface area contributed by atoms with E-state index in [0.717, 1.165) is 12.5 Å². The van der Waals surface area contributed by atoms with Crippen LogP contribution in [0, 0.1) is 5.92 Å². The summed E-state index contributed by atoms with van der Waals surface area (Å²) in [7, 11) is -5.14. The average molecular weight is 991 g/mol. The highest BCUT2D eigenvalue weighted by molar-refractivity contribution is 7.46. The molecule has 0 radical (unpaired) electrons. The molecule has 0 bridgehead atoms. The number of amides is 6. The molecule has 1 fully saturated rings. The minimum absolute atomic E-state index is 0.120. The van der Waals surface area contributed by atoms with Crippen LogP contribution in [0.15, 0.2) is 60.4 Å². The van der Waals surface area contributed by atoms with Gasteiger partial charge < -0.3 is 60.9 Å². The third-order valence-electron chi connectivity index (χ3n) is 10.6. The summed E-state index contributed by atoms with van der Waals surface area (Å²) < 4.78 is 23.6. The number of nitrogens with two attached hydrogens (primary N) is 1. The number of ether oxygens (including phenoxy) is 1. The third-order valence-corrected chi connectivity index (χ3v) is 11.4. The van der Waals surface area contributed by atoms with Crippen molar-refractivity contribution >= 4 is 61.1 Å². The second kappa shape index (κ2) is 26.5. The molecule has 6 amide bonds. The first kappa shape index (κ1) is 54.6. The van der Waals surface area contributed by atoms with Crippen LogP contribution in [0.25, 0.3) is 0 Å². The predicted molar refractivity (Wildman–Crippen MR) is 245 cm³/mol. The highest BCUT2D eigenvalue weighted by atomic mass is 35.5. The van der Waals surface area contributed by atoms with Crippen LogP contribution < -0.4 is 31.7 Å². The number of carbonyl (C=O) groups is 6. The van der Waals surface area contributed by atoms with Crippen molar-refractivity contribution in [1.82, 2.24) is 40.7 Å². The number of phosphoric acid groups is 1. The number of likely N-dealkylation sites (tertiary alicyclic amines) is 1. The fourth-order valence-corrected chi connectivity index (χ4v) is 7.94. The summed E-state index contributed by atoms with van der Waals surface area (Å²) in [6.45, 7) is 6.33. The predicted octanol–water partition coefficient (Wildman–Crippen LogP) is 0.856. The molecule has 23 nitrogen and oxygen atoms in total. The van der Waals surface area contributed by atoms with Crippen molar-refractivity contribution < 1.29 is 62.3 Å². The average Bonchev–Trinajstić information content (AvgIpc) is 3.96. The highest BCUT2D eigenvalue weighted by Crippen LogP contribution is 2.38. The fourth-order valence-electron chi connectivity index (χ4n) is 7.21. The van der Waals surface area contributed by atoms with Crippen LogP contribution in [0.5, 0.6) is 5.75 Å². The second-order valence-corrected chi connectivity index (χ2v) is 18.1. The number of halogens is 1. The number of rotatable bonds is 27. The van der Waals surface area contributed by atoms with Crippen molar-refractivity contribution in [3.63, 3.8) is 0 Å². The molecule has 1 aliphatic rings. The lowest BCUT2D eigenvalue weighted by atomic mass is 10.0. The molecular weight excluding hydrogens is 931 g/mol. The topological polar surface area (TPSA) is 328 Å². The number of imidazole rings is 1. The first-order valence-electron chi connectivity index (χ1n) is 21.8. The van der Waals surface area contributed by atoms with Crippen molar-refractivity contribution in [3.8, 4) is 5.75 Å². The molecule has 0 saturated carbocycles. The molecule has 9 N–H and O–H groups in total. The number of nitrogens with zero attached hydrogens (tertiary/aromatic N) is 5. The number of hydrogen-bond acceptors (Lipinski definition) is 14. The molecule has 0 spiro atoms. The van der Waals surface area contributed by atoms with Crippen LogP contribution in [0.1, 0.15) is 76.6 Å². The lowest BCUT2D eigenvalue weighted by molar-refractivity contribution is -0.139. The Bertz CT molecular complexity index is 2260. The molecule has 2 aromatic heterocycles.